The lowest BCUT2D eigenvalue weighted by Gasteiger charge is -2.08. The molecule has 1 aliphatic rings. The van der Waals surface area contributed by atoms with Crippen molar-refractivity contribution >= 4 is 44.7 Å². The van der Waals surface area contributed by atoms with Crippen molar-refractivity contribution in [3.8, 4) is 0 Å². The summed E-state index contributed by atoms with van der Waals surface area (Å²) in [4.78, 5) is 35.8. The molecule has 4 rings (SSSR count). The number of carbonyl (C=O) groups is 3. The van der Waals surface area contributed by atoms with Crippen molar-refractivity contribution in [2.45, 2.75) is 6.92 Å². The predicted molar refractivity (Wildman–Crippen MR) is 84.4 cm³/mol. The van der Waals surface area contributed by atoms with Crippen molar-refractivity contribution in [1.29, 1.82) is 0 Å². The Kier molecular flexibility index (Phi) is 2.45. The first-order valence-corrected chi connectivity index (χ1v) is 6.92. The fourth-order valence-electron chi connectivity index (χ4n) is 3.11. The van der Waals surface area contributed by atoms with Crippen LogP contribution in [0.4, 0.5) is 5.69 Å². The van der Waals surface area contributed by atoms with Crippen LogP contribution in [0.2, 0.25) is 0 Å². The Bertz CT molecular complexity index is 1020. The average Bonchev–Trinajstić information content (AvgIpc) is 2.74. The third-order valence-electron chi connectivity index (χ3n) is 3.98. The average molecular weight is 289 g/mol. The van der Waals surface area contributed by atoms with Gasteiger partial charge in [-0.2, -0.15) is 0 Å². The number of benzene rings is 3. The first kappa shape index (κ1) is 12.7. The van der Waals surface area contributed by atoms with Crippen LogP contribution in [0.3, 0.4) is 0 Å². The zero-order valence-corrected chi connectivity index (χ0v) is 11.8. The van der Waals surface area contributed by atoms with Crippen LogP contribution in [0.25, 0.3) is 21.5 Å². The highest BCUT2D eigenvalue weighted by Gasteiger charge is 2.32. The minimum absolute atomic E-state index is 0.181. The number of rotatable bonds is 1. The van der Waals surface area contributed by atoms with E-state index in [-0.39, 0.29) is 5.91 Å². The van der Waals surface area contributed by atoms with Crippen LogP contribution in [0.1, 0.15) is 27.6 Å². The number of fused-ring (bicyclic) bond motifs is 2. The maximum atomic E-state index is 12.4. The Morgan fingerprint density at radius 2 is 1.77 bits per heavy atom. The molecule has 4 nitrogen and oxygen atoms in total. The summed E-state index contributed by atoms with van der Waals surface area (Å²) in [5, 5.41) is 5.87. The van der Waals surface area contributed by atoms with Crippen LogP contribution in [-0.4, -0.2) is 17.5 Å². The van der Waals surface area contributed by atoms with Gasteiger partial charge >= 0.3 is 0 Å². The molecule has 0 bridgehead atoms. The van der Waals surface area contributed by atoms with E-state index in [0.29, 0.717) is 27.6 Å². The topological polar surface area (TPSA) is 63.2 Å². The van der Waals surface area contributed by atoms with E-state index < -0.39 is 11.6 Å². The number of hydrogen-bond donors (Lipinski definition) is 1. The number of anilines is 1. The van der Waals surface area contributed by atoms with E-state index in [0.717, 1.165) is 10.8 Å². The van der Waals surface area contributed by atoms with E-state index in [1.807, 2.05) is 18.2 Å². The van der Waals surface area contributed by atoms with Gasteiger partial charge in [0, 0.05) is 29.1 Å². The van der Waals surface area contributed by atoms with Crippen LogP contribution in [-0.2, 0) is 4.79 Å². The zero-order valence-electron chi connectivity index (χ0n) is 11.8. The summed E-state index contributed by atoms with van der Waals surface area (Å²) in [7, 11) is 0. The van der Waals surface area contributed by atoms with Gasteiger partial charge in [0.25, 0.3) is 0 Å². The smallest absolute Gasteiger partial charge is 0.234 e. The molecular formula is C18H11NO3. The number of nitrogens with one attached hydrogen (secondary N) is 1. The Morgan fingerprint density at radius 3 is 2.55 bits per heavy atom. The maximum absolute atomic E-state index is 12.4. The lowest BCUT2D eigenvalue weighted by Crippen LogP contribution is -2.07. The quantitative estimate of drug-likeness (QED) is 0.552. The molecule has 0 atom stereocenters. The van der Waals surface area contributed by atoms with Gasteiger partial charge in [-0.15, -0.1) is 0 Å². The molecule has 0 fully saturated rings. The van der Waals surface area contributed by atoms with E-state index in [9.17, 15) is 14.4 Å². The van der Waals surface area contributed by atoms with E-state index >= 15 is 0 Å². The highest BCUT2D eigenvalue weighted by molar-refractivity contribution is 6.59. The zero-order chi connectivity index (χ0) is 15.4. The molecule has 22 heavy (non-hydrogen) atoms. The predicted octanol–water partition coefficient (Wildman–Crippen LogP) is 3.33. The van der Waals surface area contributed by atoms with Crippen molar-refractivity contribution in [1.82, 2.24) is 0 Å². The second kappa shape index (κ2) is 4.24. The first-order chi connectivity index (χ1) is 10.6. The fraction of sp³-hybridized carbons (Fsp3) is 0.0556. The summed E-state index contributed by atoms with van der Waals surface area (Å²) in [6.07, 6.45) is 0. The molecular weight excluding hydrogens is 278 g/mol. The molecule has 0 heterocycles. The minimum Gasteiger partial charge on any atom is -0.326 e. The molecule has 0 radical (unpaired) electrons. The Morgan fingerprint density at radius 1 is 0.955 bits per heavy atom. The molecule has 0 saturated carbocycles. The largest absolute Gasteiger partial charge is 0.326 e. The summed E-state index contributed by atoms with van der Waals surface area (Å²) in [6, 6.07) is 12.7. The molecule has 3 aromatic carbocycles. The van der Waals surface area contributed by atoms with Crippen molar-refractivity contribution in [3.05, 3.63) is 53.6 Å². The number of hydrogen-bond acceptors (Lipinski definition) is 3. The van der Waals surface area contributed by atoms with E-state index in [1.54, 1.807) is 24.3 Å². The summed E-state index contributed by atoms with van der Waals surface area (Å²) in [6.45, 7) is 1.43. The molecule has 1 aliphatic carbocycles. The molecule has 106 valence electrons. The summed E-state index contributed by atoms with van der Waals surface area (Å²) < 4.78 is 0. The Labute approximate surface area is 125 Å². The Balaban J connectivity index is 2.13. The van der Waals surface area contributed by atoms with Crippen molar-refractivity contribution in [3.63, 3.8) is 0 Å². The van der Waals surface area contributed by atoms with Gasteiger partial charge in [0.15, 0.2) is 0 Å². The molecule has 4 heteroatoms. The van der Waals surface area contributed by atoms with Gasteiger partial charge in [0.2, 0.25) is 17.5 Å². The number of ketones is 2. The third kappa shape index (κ3) is 1.61. The van der Waals surface area contributed by atoms with Crippen molar-refractivity contribution < 1.29 is 14.4 Å². The highest BCUT2D eigenvalue weighted by Crippen LogP contribution is 2.37. The van der Waals surface area contributed by atoms with E-state index in [4.69, 9.17) is 0 Å². The van der Waals surface area contributed by atoms with Crippen LogP contribution >= 0.6 is 0 Å². The minimum atomic E-state index is -0.475. The molecule has 1 N–H and O–H groups in total. The van der Waals surface area contributed by atoms with Gasteiger partial charge in [-0.3, -0.25) is 14.4 Å². The van der Waals surface area contributed by atoms with Gasteiger partial charge in [-0.25, -0.2) is 0 Å². The molecule has 0 aliphatic heterocycles. The second-order valence-electron chi connectivity index (χ2n) is 5.43. The number of Topliss-reactive ketones (excluding diaryl/α,β-unsaturated/α-hetero) is 2. The van der Waals surface area contributed by atoms with Gasteiger partial charge in [-0.1, -0.05) is 24.3 Å². The van der Waals surface area contributed by atoms with Gasteiger partial charge < -0.3 is 5.32 Å². The molecule has 0 saturated heterocycles. The number of amides is 1. The lowest BCUT2D eigenvalue weighted by atomic mass is 9.97. The summed E-state index contributed by atoms with van der Waals surface area (Å²) in [5.41, 5.74) is 1.52. The van der Waals surface area contributed by atoms with Crippen molar-refractivity contribution in [2.24, 2.45) is 0 Å². The maximum Gasteiger partial charge on any atom is 0.234 e. The van der Waals surface area contributed by atoms with E-state index in [2.05, 4.69) is 5.32 Å². The van der Waals surface area contributed by atoms with Gasteiger partial charge in [0.1, 0.15) is 0 Å². The van der Waals surface area contributed by atoms with Crippen LogP contribution in [0.15, 0.2) is 42.5 Å². The molecule has 0 aromatic heterocycles. The van der Waals surface area contributed by atoms with Gasteiger partial charge in [0.05, 0.1) is 0 Å². The monoisotopic (exact) mass is 289 g/mol. The van der Waals surface area contributed by atoms with Crippen molar-refractivity contribution in [2.75, 3.05) is 5.32 Å². The standard InChI is InChI=1S/C18H11NO3/c1-9(20)19-12-6-5-10-7-11-3-2-4-13-15(11)16(14(10)8-12)18(22)17(13)21/h2-8H,1H3,(H,19,20). The van der Waals surface area contributed by atoms with E-state index in [1.165, 1.54) is 6.92 Å². The number of carbonyl (C=O) groups excluding carboxylic acids is 3. The summed E-state index contributed by atoms with van der Waals surface area (Å²) >= 11 is 0. The van der Waals surface area contributed by atoms with Crippen LogP contribution < -0.4 is 5.32 Å². The molecule has 3 aromatic rings. The molecule has 0 spiro atoms. The lowest BCUT2D eigenvalue weighted by molar-refractivity contribution is -0.114. The van der Waals surface area contributed by atoms with Crippen LogP contribution in [0.5, 0.6) is 0 Å². The molecule has 1 amide bonds. The SMILES string of the molecule is CC(=O)Nc1ccc2cc3cccc4c3c(c2c1)C(=O)C4=O. The first-order valence-electron chi connectivity index (χ1n) is 6.92. The highest BCUT2D eigenvalue weighted by atomic mass is 16.2. The normalized spacial score (nSPS) is 13.1. The Hall–Kier alpha value is -3.01. The van der Waals surface area contributed by atoms with Crippen LogP contribution in [0, 0.1) is 0 Å². The summed E-state index contributed by atoms with van der Waals surface area (Å²) in [5.74, 6) is -1.12. The fourth-order valence-corrected chi connectivity index (χ4v) is 3.11. The third-order valence-corrected chi connectivity index (χ3v) is 3.98. The second-order valence-corrected chi connectivity index (χ2v) is 5.43. The van der Waals surface area contributed by atoms with Gasteiger partial charge in [-0.05, 0) is 34.4 Å². The molecule has 0 unspecified atom stereocenters.